The van der Waals surface area contributed by atoms with E-state index in [0.717, 1.165) is 0 Å². The van der Waals surface area contributed by atoms with Crippen molar-refractivity contribution < 1.29 is 9.63 Å². The van der Waals surface area contributed by atoms with Gasteiger partial charge in [-0.15, -0.1) is 5.10 Å². The van der Waals surface area contributed by atoms with Gasteiger partial charge in [-0.1, -0.05) is 5.16 Å². The van der Waals surface area contributed by atoms with Gasteiger partial charge in [0.15, 0.2) is 0 Å². The number of nitrogens with one attached hydrogen (secondary N) is 2. The number of H-pyrrole nitrogens is 1. The molecule has 0 aromatic carbocycles. The van der Waals surface area contributed by atoms with Gasteiger partial charge < -0.3 is 5.32 Å². The monoisotopic (exact) mass is 260 g/mol. The lowest BCUT2D eigenvalue weighted by Gasteiger charge is -2.13. The van der Waals surface area contributed by atoms with Crippen molar-refractivity contribution in [1.82, 2.24) is 25.9 Å². The van der Waals surface area contributed by atoms with E-state index < -0.39 is 6.09 Å². The summed E-state index contributed by atoms with van der Waals surface area (Å²) in [5.74, 6) is 0. The van der Waals surface area contributed by atoms with E-state index in [0.29, 0.717) is 0 Å². The highest BCUT2D eigenvalue weighted by Gasteiger charge is 2.12. The average molecular weight is 260 g/mol. The summed E-state index contributed by atoms with van der Waals surface area (Å²) in [6.07, 6.45) is 4.40. The third-order valence-electron chi connectivity index (χ3n) is 1.50. The maximum Gasteiger partial charge on any atom is 0.433 e. The van der Waals surface area contributed by atoms with E-state index in [9.17, 15) is 4.79 Å². The fourth-order valence-electron chi connectivity index (χ4n) is 0.429. The molecule has 0 atom stereocenters. The van der Waals surface area contributed by atoms with Crippen molar-refractivity contribution in [3.05, 3.63) is 6.33 Å². The number of aromatic nitrogens is 4. The SMILES string of the molecule is CNC(=O)O/N=C/C(C)(C)SC.c1nnn[nH]1. The van der Waals surface area contributed by atoms with Crippen LogP contribution in [0.3, 0.4) is 0 Å². The Labute approximate surface area is 104 Å². The van der Waals surface area contributed by atoms with Crippen molar-refractivity contribution in [1.29, 1.82) is 0 Å². The zero-order valence-corrected chi connectivity index (χ0v) is 11.0. The van der Waals surface area contributed by atoms with Gasteiger partial charge in [0.1, 0.15) is 6.33 Å². The lowest BCUT2D eigenvalue weighted by Crippen LogP contribution is -2.19. The molecule has 0 radical (unpaired) electrons. The Bertz CT molecular complexity index is 310. The van der Waals surface area contributed by atoms with Crippen LogP contribution in [0.25, 0.3) is 0 Å². The largest absolute Gasteiger partial charge is 0.433 e. The van der Waals surface area contributed by atoms with Gasteiger partial charge in [0, 0.05) is 11.8 Å². The molecule has 1 heterocycles. The van der Waals surface area contributed by atoms with E-state index >= 15 is 0 Å². The highest BCUT2D eigenvalue weighted by molar-refractivity contribution is 8.00. The molecule has 96 valence electrons. The molecule has 0 bridgehead atoms. The summed E-state index contributed by atoms with van der Waals surface area (Å²) in [5.41, 5.74) is 0. The fraction of sp³-hybridized carbons (Fsp3) is 0.625. The summed E-state index contributed by atoms with van der Waals surface area (Å²) in [4.78, 5) is 15.0. The first kappa shape index (κ1) is 15.4. The zero-order valence-electron chi connectivity index (χ0n) is 10.2. The molecule has 1 rings (SSSR count). The molecule has 1 amide bonds. The van der Waals surface area contributed by atoms with Crippen LogP contribution in [0, 0.1) is 0 Å². The van der Waals surface area contributed by atoms with Crippen LogP contribution in [-0.4, -0.2) is 51.0 Å². The molecule has 17 heavy (non-hydrogen) atoms. The second-order valence-corrected chi connectivity index (χ2v) is 4.69. The smallest absolute Gasteiger partial charge is 0.323 e. The third kappa shape index (κ3) is 9.30. The molecule has 9 heteroatoms. The topological polar surface area (TPSA) is 105 Å². The van der Waals surface area contributed by atoms with Crippen molar-refractivity contribution in [2.75, 3.05) is 13.3 Å². The fourth-order valence-corrected chi connectivity index (χ4v) is 0.577. The first-order valence-corrected chi connectivity index (χ1v) is 5.90. The molecule has 0 saturated carbocycles. The quantitative estimate of drug-likeness (QED) is 0.470. The normalized spacial score (nSPS) is 10.6. The van der Waals surface area contributed by atoms with Crippen molar-refractivity contribution >= 4 is 24.1 Å². The van der Waals surface area contributed by atoms with Crippen molar-refractivity contribution in [2.24, 2.45) is 5.16 Å². The van der Waals surface area contributed by atoms with Gasteiger partial charge >= 0.3 is 6.09 Å². The minimum Gasteiger partial charge on any atom is -0.323 e. The van der Waals surface area contributed by atoms with Gasteiger partial charge in [-0.3, -0.25) is 4.84 Å². The summed E-state index contributed by atoms with van der Waals surface area (Å²) in [5, 5.41) is 17.9. The molecule has 1 aromatic heterocycles. The molecule has 0 aliphatic heterocycles. The molecule has 0 unspecified atom stereocenters. The number of carbonyl (C=O) groups excluding carboxylic acids is 1. The third-order valence-corrected chi connectivity index (χ3v) is 2.66. The first-order valence-electron chi connectivity index (χ1n) is 4.67. The number of hydrogen-bond donors (Lipinski definition) is 2. The molecule has 0 saturated heterocycles. The van der Waals surface area contributed by atoms with E-state index in [1.807, 2.05) is 20.1 Å². The number of hydrogen-bond acceptors (Lipinski definition) is 7. The van der Waals surface area contributed by atoms with Crippen molar-refractivity contribution in [3.8, 4) is 0 Å². The maximum atomic E-state index is 10.5. The van der Waals surface area contributed by atoms with Crippen molar-refractivity contribution in [2.45, 2.75) is 18.6 Å². The van der Waals surface area contributed by atoms with Crippen LogP contribution in [0.2, 0.25) is 0 Å². The number of aromatic amines is 1. The van der Waals surface area contributed by atoms with Crippen LogP contribution in [-0.2, 0) is 4.84 Å². The molecular formula is C8H16N6O2S. The molecule has 0 aliphatic rings. The number of carbonyl (C=O) groups is 1. The minimum absolute atomic E-state index is 0.103. The van der Waals surface area contributed by atoms with Crippen LogP contribution >= 0.6 is 11.8 Å². The van der Waals surface area contributed by atoms with E-state index in [1.165, 1.54) is 13.4 Å². The van der Waals surface area contributed by atoms with Gasteiger partial charge in [0.2, 0.25) is 0 Å². The summed E-state index contributed by atoms with van der Waals surface area (Å²) < 4.78 is -0.103. The summed E-state index contributed by atoms with van der Waals surface area (Å²) >= 11 is 1.63. The lowest BCUT2D eigenvalue weighted by atomic mass is 10.2. The van der Waals surface area contributed by atoms with E-state index in [2.05, 4.69) is 35.9 Å². The second kappa shape index (κ2) is 8.50. The highest BCUT2D eigenvalue weighted by atomic mass is 32.2. The molecule has 0 fully saturated rings. The van der Waals surface area contributed by atoms with Gasteiger partial charge in [0.25, 0.3) is 0 Å². The summed E-state index contributed by atoms with van der Waals surface area (Å²) in [6.45, 7) is 3.96. The Morgan fingerprint density at radius 2 is 2.35 bits per heavy atom. The Balaban J connectivity index is 0.000000419. The van der Waals surface area contributed by atoms with E-state index in [4.69, 9.17) is 0 Å². The number of nitrogens with zero attached hydrogens (tertiary/aromatic N) is 4. The Kier molecular flexibility index (Phi) is 7.68. The number of thioether (sulfide) groups is 1. The molecular weight excluding hydrogens is 244 g/mol. The second-order valence-electron chi connectivity index (χ2n) is 3.23. The summed E-state index contributed by atoms with van der Waals surface area (Å²) in [7, 11) is 1.48. The Morgan fingerprint density at radius 3 is 2.71 bits per heavy atom. The lowest BCUT2D eigenvalue weighted by molar-refractivity contribution is 0.153. The van der Waals surface area contributed by atoms with Crippen LogP contribution in [0.1, 0.15) is 13.8 Å². The van der Waals surface area contributed by atoms with Gasteiger partial charge in [-0.05, 0) is 30.5 Å². The highest BCUT2D eigenvalue weighted by Crippen LogP contribution is 2.17. The minimum atomic E-state index is -0.553. The number of rotatable bonds is 3. The first-order chi connectivity index (χ1) is 8.02. The standard InChI is InChI=1S/C7H14N2O2S.CH2N4/c1-7(2,12-4)5-9-11-6(10)8-3;1-2-4-5-3-1/h5H,1-4H3,(H,8,10);1H,(H,2,3,4,5)/b9-5+;. The van der Waals surface area contributed by atoms with Crippen LogP contribution < -0.4 is 5.32 Å². The average Bonchev–Trinajstić information content (AvgIpc) is 2.87. The van der Waals surface area contributed by atoms with Crippen LogP contribution in [0.15, 0.2) is 11.5 Å². The van der Waals surface area contributed by atoms with E-state index in [-0.39, 0.29) is 4.75 Å². The van der Waals surface area contributed by atoms with Crippen molar-refractivity contribution in [3.63, 3.8) is 0 Å². The predicted octanol–water partition coefficient (Wildman–Crippen LogP) is 0.669. The maximum absolute atomic E-state index is 10.5. The zero-order chi connectivity index (χ0) is 13.1. The molecule has 2 N–H and O–H groups in total. The summed E-state index contributed by atoms with van der Waals surface area (Å²) in [6, 6.07) is 0. The number of amides is 1. The molecule has 0 aliphatic carbocycles. The Morgan fingerprint density at radius 1 is 1.65 bits per heavy atom. The molecule has 1 aromatic rings. The van der Waals surface area contributed by atoms with Crippen LogP contribution in [0.4, 0.5) is 4.79 Å². The predicted molar refractivity (Wildman–Crippen MR) is 65.8 cm³/mol. The van der Waals surface area contributed by atoms with Crippen LogP contribution in [0.5, 0.6) is 0 Å². The van der Waals surface area contributed by atoms with Gasteiger partial charge in [0.05, 0.1) is 6.21 Å². The number of oxime groups is 1. The number of tetrazole rings is 1. The molecule has 0 spiro atoms. The molecule has 8 nitrogen and oxygen atoms in total. The van der Waals surface area contributed by atoms with Gasteiger partial charge in [-0.25, -0.2) is 9.89 Å². The van der Waals surface area contributed by atoms with Gasteiger partial charge in [-0.2, -0.15) is 11.8 Å². The Hall–Kier alpha value is -1.64. The van der Waals surface area contributed by atoms with E-state index in [1.54, 1.807) is 18.0 Å².